The maximum atomic E-state index is 3.41. The van der Waals surface area contributed by atoms with Gasteiger partial charge in [-0.2, -0.15) is 0 Å². The first-order valence-corrected chi connectivity index (χ1v) is 7.68. The Morgan fingerprint density at radius 1 is 1.18 bits per heavy atom. The quantitative estimate of drug-likeness (QED) is 0.622. The van der Waals surface area contributed by atoms with Crippen LogP contribution in [0.25, 0.3) is 0 Å². The molecule has 102 valence electrons. The van der Waals surface area contributed by atoms with E-state index in [1.807, 2.05) is 0 Å². The lowest BCUT2D eigenvalue weighted by Gasteiger charge is -2.30. The summed E-state index contributed by atoms with van der Waals surface area (Å²) in [6.45, 7) is 11.8. The number of nitrogens with zero attached hydrogens (tertiary/aromatic N) is 1. The van der Waals surface area contributed by atoms with Gasteiger partial charge < -0.3 is 10.2 Å². The van der Waals surface area contributed by atoms with Gasteiger partial charge in [0.1, 0.15) is 0 Å². The van der Waals surface area contributed by atoms with Crippen molar-refractivity contribution in [3.8, 4) is 0 Å². The van der Waals surface area contributed by atoms with Gasteiger partial charge in [-0.25, -0.2) is 0 Å². The van der Waals surface area contributed by atoms with Gasteiger partial charge in [-0.1, -0.05) is 33.6 Å². The van der Waals surface area contributed by atoms with Gasteiger partial charge in [-0.3, -0.25) is 0 Å². The molecule has 2 heteroatoms. The van der Waals surface area contributed by atoms with E-state index in [1.54, 1.807) is 0 Å². The van der Waals surface area contributed by atoms with Crippen molar-refractivity contribution in [1.82, 2.24) is 10.2 Å². The van der Waals surface area contributed by atoms with Crippen LogP contribution >= 0.6 is 0 Å². The Balaban J connectivity index is 2.20. The third-order valence-electron chi connectivity index (χ3n) is 3.74. The van der Waals surface area contributed by atoms with Crippen molar-refractivity contribution in [1.29, 1.82) is 0 Å². The van der Waals surface area contributed by atoms with Crippen LogP contribution in [0.3, 0.4) is 0 Å². The first-order chi connectivity index (χ1) is 8.24. The number of hydrogen-bond acceptors (Lipinski definition) is 2. The predicted octanol–water partition coefficient (Wildman–Crippen LogP) is 3.28. The van der Waals surface area contributed by atoms with Crippen molar-refractivity contribution in [2.75, 3.05) is 26.2 Å². The minimum atomic E-state index is 0.810. The summed E-state index contributed by atoms with van der Waals surface area (Å²) in [5.41, 5.74) is 0. The molecule has 0 saturated heterocycles. The van der Waals surface area contributed by atoms with Crippen molar-refractivity contribution in [3.63, 3.8) is 0 Å². The highest BCUT2D eigenvalue weighted by atomic mass is 15.2. The van der Waals surface area contributed by atoms with E-state index in [-0.39, 0.29) is 0 Å². The smallest absolute Gasteiger partial charge is 0.00953 e. The van der Waals surface area contributed by atoms with Crippen molar-refractivity contribution in [2.45, 2.75) is 65.3 Å². The summed E-state index contributed by atoms with van der Waals surface area (Å²) in [5, 5.41) is 3.41. The van der Waals surface area contributed by atoms with Gasteiger partial charge in [-0.15, -0.1) is 0 Å². The molecule has 0 heterocycles. The van der Waals surface area contributed by atoms with Gasteiger partial charge in [0.2, 0.25) is 0 Å². The molecule has 0 aliphatic heterocycles. The predicted molar refractivity (Wildman–Crippen MR) is 76.4 cm³/mol. The first kappa shape index (κ1) is 15.0. The Kier molecular flexibility index (Phi) is 7.87. The molecule has 1 rings (SSSR count). The normalized spacial score (nSPS) is 17.5. The zero-order valence-electron chi connectivity index (χ0n) is 12.2. The first-order valence-electron chi connectivity index (χ1n) is 7.68. The van der Waals surface area contributed by atoms with E-state index >= 15 is 0 Å². The molecule has 0 radical (unpaired) electrons. The molecule has 0 bridgehead atoms. The summed E-state index contributed by atoms with van der Waals surface area (Å²) in [5.74, 6) is 0.810. The molecule has 0 amide bonds. The Morgan fingerprint density at radius 2 is 1.88 bits per heavy atom. The summed E-state index contributed by atoms with van der Waals surface area (Å²) in [6, 6.07) is 0.900. The van der Waals surface area contributed by atoms with Crippen molar-refractivity contribution < 1.29 is 0 Å². The van der Waals surface area contributed by atoms with Crippen LogP contribution in [-0.4, -0.2) is 37.1 Å². The van der Waals surface area contributed by atoms with Crippen LogP contribution in [0.15, 0.2) is 0 Å². The Morgan fingerprint density at radius 3 is 2.47 bits per heavy atom. The van der Waals surface area contributed by atoms with Crippen molar-refractivity contribution in [3.05, 3.63) is 0 Å². The maximum absolute atomic E-state index is 3.41. The van der Waals surface area contributed by atoms with E-state index < -0.39 is 0 Å². The number of hydrogen-bond donors (Lipinski definition) is 1. The highest BCUT2D eigenvalue weighted by Gasteiger charge is 2.22. The second-order valence-corrected chi connectivity index (χ2v) is 5.89. The highest BCUT2D eigenvalue weighted by Crippen LogP contribution is 2.24. The molecule has 1 fully saturated rings. The molecular formula is C15H32N2. The summed E-state index contributed by atoms with van der Waals surface area (Å²) < 4.78 is 0. The van der Waals surface area contributed by atoms with Crippen LogP contribution in [0.2, 0.25) is 0 Å². The van der Waals surface area contributed by atoms with Gasteiger partial charge in [-0.05, 0) is 51.2 Å². The van der Waals surface area contributed by atoms with E-state index in [9.17, 15) is 0 Å². The molecule has 0 aromatic carbocycles. The Labute approximate surface area is 108 Å². The zero-order valence-corrected chi connectivity index (χ0v) is 12.2. The largest absolute Gasteiger partial charge is 0.317 e. The van der Waals surface area contributed by atoms with Crippen molar-refractivity contribution >= 4 is 0 Å². The average molecular weight is 240 g/mol. The third-order valence-corrected chi connectivity index (χ3v) is 3.74. The molecule has 0 spiro atoms. The standard InChI is InChI=1S/C15H32N2/c1-4-16-11-7-8-12-17(13-14(2)3)15-9-5-6-10-15/h14-16H,4-13H2,1-3H3. The molecule has 0 atom stereocenters. The molecule has 17 heavy (non-hydrogen) atoms. The Bertz CT molecular complexity index is 174. The fourth-order valence-electron chi connectivity index (χ4n) is 2.90. The molecule has 0 aromatic rings. The van der Waals surface area contributed by atoms with Gasteiger partial charge in [0, 0.05) is 12.6 Å². The third kappa shape index (κ3) is 6.42. The molecule has 0 unspecified atom stereocenters. The van der Waals surface area contributed by atoms with Crippen LogP contribution in [-0.2, 0) is 0 Å². The van der Waals surface area contributed by atoms with Crippen LogP contribution in [0, 0.1) is 5.92 Å². The van der Waals surface area contributed by atoms with Crippen LogP contribution < -0.4 is 5.32 Å². The topological polar surface area (TPSA) is 15.3 Å². The van der Waals surface area contributed by atoms with E-state index in [2.05, 4.69) is 31.0 Å². The molecule has 0 aromatic heterocycles. The zero-order chi connectivity index (χ0) is 12.5. The summed E-state index contributed by atoms with van der Waals surface area (Å²) in [6.07, 6.45) is 8.48. The number of nitrogens with one attached hydrogen (secondary N) is 1. The maximum Gasteiger partial charge on any atom is 0.00953 e. The second-order valence-electron chi connectivity index (χ2n) is 5.89. The van der Waals surface area contributed by atoms with E-state index in [0.717, 1.165) is 18.5 Å². The fraction of sp³-hybridized carbons (Fsp3) is 1.00. The molecule has 1 aliphatic rings. The van der Waals surface area contributed by atoms with Crippen LogP contribution in [0.1, 0.15) is 59.3 Å². The lowest BCUT2D eigenvalue weighted by molar-refractivity contribution is 0.174. The fourth-order valence-corrected chi connectivity index (χ4v) is 2.90. The van der Waals surface area contributed by atoms with Crippen LogP contribution in [0.5, 0.6) is 0 Å². The minimum absolute atomic E-state index is 0.810. The molecule has 1 saturated carbocycles. The number of unbranched alkanes of at least 4 members (excludes halogenated alkanes) is 1. The molecular weight excluding hydrogens is 208 g/mol. The van der Waals surface area contributed by atoms with E-state index in [1.165, 1.54) is 58.2 Å². The van der Waals surface area contributed by atoms with E-state index in [0.29, 0.717) is 0 Å². The van der Waals surface area contributed by atoms with E-state index in [4.69, 9.17) is 0 Å². The summed E-state index contributed by atoms with van der Waals surface area (Å²) >= 11 is 0. The second kappa shape index (κ2) is 8.93. The van der Waals surface area contributed by atoms with Crippen molar-refractivity contribution in [2.24, 2.45) is 5.92 Å². The lowest BCUT2D eigenvalue weighted by atomic mass is 10.1. The average Bonchev–Trinajstić information content (AvgIpc) is 2.80. The molecule has 1 N–H and O–H groups in total. The lowest BCUT2D eigenvalue weighted by Crippen LogP contribution is -2.37. The van der Waals surface area contributed by atoms with Gasteiger partial charge in [0.15, 0.2) is 0 Å². The van der Waals surface area contributed by atoms with Gasteiger partial charge in [0.05, 0.1) is 0 Å². The SMILES string of the molecule is CCNCCCCN(CC(C)C)C1CCCC1. The molecule has 1 aliphatic carbocycles. The Hall–Kier alpha value is -0.0800. The van der Waals surface area contributed by atoms with Gasteiger partial charge in [0.25, 0.3) is 0 Å². The summed E-state index contributed by atoms with van der Waals surface area (Å²) in [7, 11) is 0. The number of rotatable bonds is 9. The molecule has 2 nitrogen and oxygen atoms in total. The monoisotopic (exact) mass is 240 g/mol. The summed E-state index contributed by atoms with van der Waals surface area (Å²) in [4.78, 5) is 2.77. The van der Waals surface area contributed by atoms with Crippen LogP contribution in [0.4, 0.5) is 0 Å². The van der Waals surface area contributed by atoms with Gasteiger partial charge >= 0.3 is 0 Å². The highest BCUT2D eigenvalue weighted by molar-refractivity contribution is 4.78. The minimum Gasteiger partial charge on any atom is -0.317 e.